The zero-order valence-corrected chi connectivity index (χ0v) is 31.9. The van der Waals surface area contributed by atoms with Gasteiger partial charge in [-0.25, -0.2) is 0 Å². The fraction of sp³-hybridized carbons (Fsp3) is 0.154. The molecule has 0 bridgehead atoms. The Kier molecular flexibility index (Phi) is 7.97. The third-order valence-corrected chi connectivity index (χ3v) is 10.9. The predicted molar refractivity (Wildman–Crippen MR) is 232 cm³/mol. The van der Waals surface area contributed by atoms with Gasteiger partial charge in [-0.15, -0.1) is 0 Å². The summed E-state index contributed by atoms with van der Waals surface area (Å²) < 4.78 is 6.48. The Morgan fingerprint density at radius 1 is 0.389 bits per heavy atom. The molecule has 0 saturated heterocycles. The molecule has 0 N–H and O–H groups in total. The van der Waals surface area contributed by atoms with Gasteiger partial charge in [0.25, 0.3) is 0 Å². The maximum Gasteiger partial charge on any atom is 0.137 e. The Labute approximate surface area is 318 Å². The largest absolute Gasteiger partial charge is 0.456 e. The van der Waals surface area contributed by atoms with Crippen LogP contribution in [-0.2, 0) is 10.8 Å². The molecular weight excluding hydrogens is 655 g/mol. The molecule has 0 aliphatic rings. The Hall–Kier alpha value is -6.12. The quantitative estimate of drug-likeness (QED) is 0.178. The summed E-state index contributed by atoms with van der Waals surface area (Å²) in [4.78, 5) is 2.46. The molecule has 2 nitrogen and oxygen atoms in total. The maximum atomic E-state index is 6.48. The molecule has 0 saturated carbocycles. The molecule has 9 aromatic rings. The lowest BCUT2D eigenvalue weighted by Gasteiger charge is -2.30. The van der Waals surface area contributed by atoms with E-state index in [0.717, 1.165) is 44.6 Å². The number of fused-ring (bicyclic) bond motifs is 5. The van der Waals surface area contributed by atoms with Crippen LogP contribution in [0.15, 0.2) is 168 Å². The molecule has 1 aromatic heterocycles. The highest BCUT2D eigenvalue weighted by molar-refractivity contribution is 6.16. The van der Waals surface area contributed by atoms with E-state index in [1.807, 2.05) is 6.07 Å². The van der Waals surface area contributed by atoms with Crippen LogP contribution in [0.1, 0.15) is 52.7 Å². The molecule has 0 aliphatic heterocycles. The zero-order chi connectivity index (χ0) is 37.2. The molecule has 0 unspecified atom stereocenters. The Morgan fingerprint density at radius 2 is 0.907 bits per heavy atom. The molecule has 0 spiro atoms. The molecular formula is C52H45NO. The van der Waals surface area contributed by atoms with Crippen LogP contribution in [0.25, 0.3) is 65.7 Å². The second-order valence-corrected chi connectivity index (χ2v) is 16.6. The lowest BCUT2D eigenvalue weighted by atomic mass is 9.78. The van der Waals surface area contributed by atoms with Crippen molar-refractivity contribution in [2.45, 2.75) is 52.4 Å². The molecule has 0 atom stereocenters. The number of benzene rings is 8. The zero-order valence-electron chi connectivity index (χ0n) is 31.9. The summed E-state index contributed by atoms with van der Waals surface area (Å²) in [6, 6.07) is 59.8. The molecule has 0 fully saturated rings. The first kappa shape index (κ1) is 33.7. The van der Waals surface area contributed by atoms with Gasteiger partial charge in [0.15, 0.2) is 0 Å². The Bertz CT molecular complexity index is 2820. The van der Waals surface area contributed by atoms with Crippen LogP contribution in [-0.4, -0.2) is 0 Å². The number of anilines is 3. The summed E-state index contributed by atoms with van der Waals surface area (Å²) in [5.41, 5.74) is 12.6. The van der Waals surface area contributed by atoms with Gasteiger partial charge in [-0.2, -0.15) is 0 Å². The average molecular weight is 700 g/mol. The molecule has 0 amide bonds. The van der Waals surface area contributed by atoms with Crippen molar-refractivity contribution in [1.29, 1.82) is 0 Å². The summed E-state index contributed by atoms with van der Waals surface area (Å²) in [5.74, 6) is 0. The van der Waals surface area contributed by atoms with E-state index in [2.05, 4.69) is 204 Å². The van der Waals surface area contributed by atoms with E-state index < -0.39 is 0 Å². The van der Waals surface area contributed by atoms with E-state index in [-0.39, 0.29) is 10.8 Å². The smallest absolute Gasteiger partial charge is 0.137 e. The van der Waals surface area contributed by atoms with Crippen molar-refractivity contribution >= 4 is 60.5 Å². The summed E-state index contributed by atoms with van der Waals surface area (Å²) in [7, 11) is 0. The van der Waals surface area contributed by atoms with E-state index in [1.54, 1.807) is 0 Å². The van der Waals surface area contributed by atoms with Crippen LogP contribution in [0.4, 0.5) is 17.1 Å². The van der Waals surface area contributed by atoms with Gasteiger partial charge in [0.2, 0.25) is 0 Å². The van der Waals surface area contributed by atoms with Crippen molar-refractivity contribution in [1.82, 2.24) is 0 Å². The monoisotopic (exact) mass is 699 g/mol. The van der Waals surface area contributed by atoms with Gasteiger partial charge >= 0.3 is 0 Å². The van der Waals surface area contributed by atoms with Gasteiger partial charge in [-0.3, -0.25) is 0 Å². The van der Waals surface area contributed by atoms with Crippen LogP contribution < -0.4 is 4.90 Å². The van der Waals surface area contributed by atoms with Crippen LogP contribution >= 0.6 is 0 Å². The predicted octanol–water partition coefficient (Wildman–Crippen LogP) is 15.3. The minimum atomic E-state index is 0.00720. The highest BCUT2D eigenvalue weighted by atomic mass is 16.3. The molecule has 54 heavy (non-hydrogen) atoms. The number of rotatable bonds is 5. The highest BCUT2D eigenvalue weighted by Crippen LogP contribution is 2.49. The van der Waals surface area contributed by atoms with Crippen molar-refractivity contribution in [2.75, 3.05) is 4.90 Å². The topological polar surface area (TPSA) is 16.4 Å². The van der Waals surface area contributed by atoms with E-state index in [1.165, 1.54) is 49.4 Å². The van der Waals surface area contributed by atoms with Crippen LogP contribution in [0.5, 0.6) is 0 Å². The van der Waals surface area contributed by atoms with Crippen LogP contribution in [0.2, 0.25) is 0 Å². The average Bonchev–Trinajstić information content (AvgIpc) is 3.56. The van der Waals surface area contributed by atoms with Crippen molar-refractivity contribution < 1.29 is 4.42 Å². The Morgan fingerprint density at radius 3 is 1.67 bits per heavy atom. The van der Waals surface area contributed by atoms with Crippen LogP contribution in [0.3, 0.4) is 0 Å². The standard InChI is InChI=1S/C52H45NO/c1-51(2,3)37-31-36(32-38(33-37)52(4,5)6)40-24-13-19-35-20-14-25-42(49(35)40)41-22-9-11-26-45(41)53(44-27-15-18-34-17-7-8-21-39(34)44)46-28-16-30-48-50(46)43-23-10-12-29-47(43)54-48/h7-33H,1-6H3. The number of nitrogens with zero attached hydrogens (tertiary/aromatic N) is 1. The third-order valence-electron chi connectivity index (χ3n) is 10.9. The lowest BCUT2D eigenvalue weighted by molar-refractivity contribution is 0.569. The number of hydrogen-bond donors (Lipinski definition) is 0. The lowest BCUT2D eigenvalue weighted by Crippen LogP contribution is -2.16. The fourth-order valence-corrected chi connectivity index (χ4v) is 8.09. The fourth-order valence-electron chi connectivity index (χ4n) is 8.09. The molecule has 1 heterocycles. The molecule has 8 aromatic carbocycles. The summed E-state index contributed by atoms with van der Waals surface area (Å²) in [6.07, 6.45) is 0. The molecule has 264 valence electrons. The van der Waals surface area contributed by atoms with E-state index >= 15 is 0 Å². The minimum Gasteiger partial charge on any atom is -0.456 e. The van der Waals surface area contributed by atoms with Crippen LogP contribution in [0, 0.1) is 0 Å². The van der Waals surface area contributed by atoms with Crippen molar-refractivity contribution in [2.24, 2.45) is 0 Å². The van der Waals surface area contributed by atoms with Crippen molar-refractivity contribution in [3.8, 4) is 22.3 Å². The first-order valence-corrected chi connectivity index (χ1v) is 19.0. The van der Waals surface area contributed by atoms with Crippen molar-refractivity contribution in [3.05, 3.63) is 175 Å². The number of para-hydroxylation sites is 2. The first-order valence-electron chi connectivity index (χ1n) is 19.0. The van der Waals surface area contributed by atoms with E-state index in [9.17, 15) is 0 Å². The van der Waals surface area contributed by atoms with Gasteiger partial charge in [0, 0.05) is 16.3 Å². The third kappa shape index (κ3) is 5.74. The maximum absolute atomic E-state index is 6.48. The summed E-state index contributed by atoms with van der Waals surface area (Å²) in [6.45, 7) is 13.9. The minimum absolute atomic E-state index is 0.00720. The second kappa shape index (κ2) is 12.8. The molecule has 2 heteroatoms. The molecule has 0 aliphatic carbocycles. The Balaban J connectivity index is 1.36. The van der Waals surface area contributed by atoms with Gasteiger partial charge < -0.3 is 9.32 Å². The van der Waals surface area contributed by atoms with E-state index in [0.29, 0.717) is 0 Å². The molecule has 9 rings (SSSR count). The second-order valence-electron chi connectivity index (χ2n) is 16.6. The summed E-state index contributed by atoms with van der Waals surface area (Å²) >= 11 is 0. The van der Waals surface area contributed by atoms with Gasteiger partial charge in [0.05, 0.1) is 22.4 Å². The van der Waals surface area contributed by atoms with Gasteiger partial charge in [-0.1, -0.05) is 175 Å². The SMILES string of the molecule is CC(C)(C)c1cc(-c2cccc3cccc(-c4ccccc4N(c4cccc5ccccc45)c4cccc5oc6ccccc6c45)c23)cc(C(C)(C)C)c1. The van der Waals surface area contributed by atoms with Gasteiger partial charge in [0.1, 0.15) is 11.2 Å². The first-order chi connectivity index (χ1) is 26.1. The van der Waals surface area contributed by atoms with E-state index in [4.69, 9.17) is 4.42 Å². The van der Waals surface area contributed by atoms with Crippen molar-refractivity contribution in [3.63, 3.8) is 0 Å². The number of furan rings is 1. The normalized spacial score (nSPS) is 12.3. The van der Waals surface area contributed by atoms with Gasteiger partial charge in [-0.05, 0) is 85.1 Å². The number of hydrogen-bond acceptors (Lipinski definition) is 2. The summed E-state index contributed by atoms with van der Waals surface area (Å²) in [5, 5.41) is 7.06. The molecule has 0 radical (unpaired) electrons. The highest BCUT2D eigenvalue weighted by Gasteiger charge is 2.25.